The summed E-state index contributed by atoms with van der Waals surface area (Å²) in [6.45, 7) is 0.123. The molecule has 0 aliphatic heterocycles. The molecule has 0 saturated heterocycles. The predicted octanol–water partition coefficient (Wildman–Crippen LogP) is 3.48. The van der Waals surface area contributed by atoms with Crippen LogP contribution in [-0.2, 0) is 6.54 Å². The molecule has 0 radical (unpaired) electrons. The zero-order valence-electron chi connectivity index (χ0n) is 16.6. The summed E-state index contributed by atoms with van der Waals surface area (Å²) < 4.78 is 1.66. The van der Waals surface area contributed by atoms with Crippen LogP contribution in [0.3, 0.4) is 0 Å². The number of rotatable bonds is 6. The number of ketones is 1. The lowest BCUT2D eigenvalue weighted by molar-refractivity contribution is -0.683. The van der Waals surface area contributed by atoms with E-state index in [0.717, 1.165) is 10.8 Å². The van der Waals surface area contributed by atoms with Crippen molar-refractivity contribution in [3.05, 3.63) is 108 Å². The Balaban J connectivity index is 1.47. The normalized spacial score (nSPS) is 11.0. The molecule has 0 aliphatic carbocycles. The average Bonchev–Trinajstić information content (AvgIpc) is 2.81. The zero-order chi connectivity index (χ0) is 21.6. The molecule has 1 amide bonds. The molecule has 1 heterocycles. The fraction of sp³-hybridized carbons (Fsp3) is 0.0400. The van der Waals surface area contributed by atoms with Crippen LogP contribution in [0.25, 0.3) is 10.8 Å². The van der Waals surface area contributed by atoms with Gasteiger partial charge in [0.2, 0.25) is 12.3 Å². The van der Waals surface area contributed by atoms with Gasteiger partial charge < -0.3 is 5.11 Å². The Morgan fingerprint density at radius 1 is 0.903 bits per heavy atom. The van der Waals surface area contributed by atoms with Crippen LogP contribution in [0.15, 0.2) is 96.4 Å². The Hall–Kier alpha value is -4.32. The van der Waals surface area contributed by atoms with E-state index in [-0.39, 0.29) is 18.1 Å². The van der Waals surface area contributed by atoms with Crippen molar-refractivity contribution in [3.8, 4) is 5.75 Å². The van der Waals surface area contributed by atoms with Gasteiger partial charge in [0.1, 0.15) is 11.3 Å². The van der Waals surface area contributed by atoms with E-state index in [0.29, 0.717) is 16.7 Å². The van der Waals surface area contributed by atoms with Crippen LogP contribution in [0.4, 0.5) is 0 Å². The number of pyridine rings is 1. The molecule has 31 heavy (non-hydrogen) atoms. The number of carbonyl (C=O) groups is 2. The molecule has 4 rings (SSSR count). The van der Waals surface area contributed by atoms with Gasteiger partial charge in [-0.3, -0.25) is 9.59 Å². The van der Waals surface area contributed by atoms with Crippen molar-refractivity contribution in [2.45, 2.75) is 6.54 Å². The first-order valence-electron chi connectivity index (χ1n) is 9.73. The molecule has 0 spiro atoms. The maximum absolute atomic E-state index is 12.5. The number of amides is 1. The number of nitrogens with zero attached hydrogens (tertiary/aromatic N) is 2. The highest BCUT2D eigenvalue weighted by Gasteiger charge is 2.15. The number of carbonyl (C=O) groups excluding carboxylic acids is 2. The maximum Gasteiger partial charge on any atom is 0.277 e. The SMILES string of the molecule is O=C(C[n+]1cccc(C(=O)N/N=C/c2c(O)ccc3ccccc23)c1)c1ccccc1. The van der Waals surface area contributed by atoms with E-state index in [1.54, 1.807) is 47.3 Å². The molecule has 6 heteroatoms. The average molecular weight is 410 g/mol. The van der Waals surface area contributed by atoms with Crippen molar-refractivity contribution in [2.75, 3.05) is 0 Å². The van der Waals surface area contributed by atoms with Crippen LogP contribution >= 0.6 is 0 Å². The first kappa shape index (κ1) is 20.0. The van der Waals surface area contributed by atoms with Crippen molar-refractivity contribution >= 4 is 28.7 Å². The van der Waals surface area contributed by atoms with Gasteiger partial charge in [0.15, 0.2) is 12.4 Å². The van der Waals surface area contributed by atoms with Gasteiger partial charge >= 0.3 is 0 Å². The number of hydrazone groups is 1. The lowest BCUT2D eigenvalue weighted by Gasteiger charge is -2.05. The van der Waals surface area contributed by atoms with Gasteiger partial charge in [-0.2, -0.15) is 9.67 Å². The number of fused-ring (bicyclic) bond motifs is 1. The lowest BCUT2D eigenvalue weighted by Crippen LogP contribution is -2.38. The topological polar surface area (TPSA) is 82.6 Å². The van der Waals surface area contributed by atoms with Crippen molar-refractivity contribution < 1.29 is 19.3 Å². The Kier molecular flexibility index (Phi) is 5.80. The van der Waals surface area contributed by atoms with E-state index in [2.05, 4.69) is 10.5 Å². The molecule has 0 bridgehead atoms. The molecular formula is C25H20N3O3+. The number of phenolic OH excluding ortho intramolecular Hbond substituents is 1. The first-order chi connectivity index (χ1) is 15.1. The Bertz CT molecular complexity index is 1280. The van der Waals surface area contributed by atoms with E-state index >= 15 is 0 Å². The summed E-state index contributed by atoms with van der Waals surface area (Å²) in [6.07, 6.45) is 4.75. The summed E-state index contributed by atoms with van der Waals surface area (Å²) in [5, 5.41) is 16.0. The van der Waals surface area contributed by atoms with E-state index in [1.165, 1.54) is 6.21 Å². The monoisotopic (exact) mass is 410 g/mol. The summed E-state index contributed by atoms with van der Waals surface area (Å²) >= 11 is 0. The molecule has 0 saturated carbocycles. The van der Waals surface area contributed by atoms with Gasteiger partial charge in [0.25, 0.3) is 5.91 Å². The molecule has 3 aromatic carbocycles. The standard InChI is InChI=1S/C25H19N3O3/c29-23-13-12-18-7-4-5-11-21(18)22(23)15-26-27-25(31)20-10-6-14-28(16-20)17-24(30)19-8-2-1-3-9-19/h1-16H,17H2,(H-,26,27,29,31)/p+1. The lowest BCUT2D eigenvalue weighted by atomic mass is 10.0. The highest BCUT2D eigenvalue weighted by Crippen LogP contribution is 2.25. The van der Waals surface area contributed by atoms with Crippen molar-refractivity contribution in [3.63, 3.8) is 0 Å². The number of benzene rings is 3. The minimum atomic E-state index is -0.419. The summed E-state index contributed by atoms with van der Waals surface area (Å²) in [7, 11) is 0. The third-order valence-electron chi connectivity index (χ3n) is 4.85. The Morgan fingerprint density at radius 2 is 1.65 bits per heavy atom. The third-order valence-corrected chi connectivity index (χ3v) is 4.85. The fourth-order valence-electron chi connectivity index (χ4n) is 3.28. The number of nitrogens with one attached hydrogen (secondary N) is 1. The van der Waals surface area contributed by atoms with Gasteiger partial charge in [-0.25, -0.2) is 5.43 Å². The Labute approximate surface area is 179 Å². The molecule has 2 N–H and O–H groups in total. The van der Waals surface area contributed by atoms with Crippen LogP contribution < -0.4 is 9.99 Å². The van der Waals surface area contributed by atoms with E-state index < -0.39 is 5.91 Å². The minimum absolute atomic E-state index is 0.0485. The summed E-state index contributed by atoms with van der Waals surface area (Å²) in [5.74, 6) is -0.390. The second-order valence-electron chi connectivity index (χ2n) is 6.97. The molecule has 0 fully saturated rings. The van der Waals surface area contributed by atoms with Crippen LogP contribution in [0.1, 0.15) is 26.3 Å². The van der Waals surface area contributed by atoms with Crippen molar-refractivity contribution in [2.24, 2.45) is 5.10 Å². The zero-order valence-corrected chi connectivity index (χ0v) is 16.6. The van der Waals surface area contributed by atoms with Gasteiger partial charge in [0.05, 0.1) is 6.21 Å². The van der Waals surface area contributed by atoms with Gasteiger partial charge in [-0.1, -0.05) is 60.7 Å². The second-order valence-corrected chi connectivity index (χ2v) is 6.97. The van der Waals surface area contributed by atoms with E-state index in [9.17, 15) is 14.7 Å². The molecule has 152 valence electrons. The number of hydrogen-bond donors (Lipinski definition) is 2. The van der Waals surface area contributed by atoms with Crippen LogP contribution in [0.2, 0.25) is 0 Å². The number of phenols is 1. The summed E-state index contributed by atoms with van der Waals surface area (Å²) in [5.41, 5.74) is 3.97. The Morgan fingerprint density at radius 3 is 2.48 bits per heavy atom. The fourth-order valence-corrected chi connectivity index (χ4v) is 3.28. The first-order valence-corrected chi connectivity index (χ1v) is 9.73. The van der Waals surface area contributed by atoms with Crippen LogP contribution in [0, 0.1) is 0 Å². The molecular weight excluding hydrogens is 390 g/mol. The highest BCUT2D eigenvalue weighted by atomic mass is 16.3. The molecule has 1 aromatic heterocycles. The number of hydrogen-bond acceptors (Lipinski definition) is 4. The van der Waals surface area contributed by atoms with Crippen LogP contribution in [-0.4, -0.2) is 23.0 Å². The number of Topliss-reactive ketones (excluding diaryl/α,β-unsaturated/α-hetero) is 1. The van der Waals surface area contributed by atoms with E-state index in [4.69, 9.17) is 0 Å². The van der Waals surface area contributed by atoms with Gasteiger partial charge in [0, 0.05) is 17.2 Å². The van der Waals surface area contributed by atoms with Crippen LogP contribution in [0.5, 0.6) is 5.75 Å². The largest absolute Gasteiger partial charge is 0.507 e. The van der Waals surface area contributed by atoms with Gasteiger partial charge in [-0.15, -0.1) is 0 Å². The molecule has 0 unspecified atom stereocenters. The predicted molar refractivity (Wildman–Crippen MR) is 118 cm³/mol. The molecule has 0 atom stereocenters. The van der Waals surface area contributed by atoms with Gasteiger partial charge in [-0.05, 0) is 22.9 Å². The van der Waals surface area contributed by atoms with E-state index in [1.807, 2.05) is 48.5 Å². The number of aromatic hydroxyl groups is 1. The van der Waals surface area contributed by atoms with Crippen molar-refractivity contribution in [1.82, 2.24) is 5.43 Å². The second kappa shape index (κ2) is 9.00. The molecule has 6 nitrogen and oxygen atoms in total. The highest BCUT2D eigenvalue weighted by molar-refractivity contribution is 6.03. The van der Waals surface area contributed by atoms with Crippen molar-refractivity contribution in [1.29, 1.82) is 0 Å². The quantitative estimate of drug-likeness (QED) is 0.221. The smallest absolute Gasteiger partial charge is 0.277 e. The maximum atomic E-state index is 12.5. The summed E-state index contributed by atoms with van der Waals surface area (Å²) in [4.78, 5) is 24.9. The third kappa shape index (κ3) is 4.64. The molecule has 4 aromatic rings. The molecule has 0 aliphatic rings. The summed E-state index contributed by atoms with van der Waals surface area (Å²) in [6, 6.07) is 23.4. The number of aromatic nitrogens is 1. The minimum Gasteiger partial charge on any atom is -0.507 e.